The Labute approximate surface area is 172 Å². The largest absolute Gasteiger partial charge is 0.369 e. The number of hydrogen-bond acceptors (Lipinski definition) is 4. The molecule has 150 valence electrons. The Morgan fingerprint density at radius 1 is 1.17 bits per heavy atom. The lowest BCUT2D eigenvalue weighted by atomic mass is 9.73. The van der Waals surface area contributed by atoms with Crippen LogP contribution in [0.4, 0.5) is 0 Å². The zero-order valence-electron chi connectivity index (χ0n) is 17.5. The number of nitrogens with two attached hydrogens (primary N) is 1. The second kappa shape index (κ2) is 7.14. The topological polar surface area (TPSA) is 71.0 Å². The van der Waals surface area contributed by atoms with Gasteiger partial charge in [-0.1, -0.05) is 42.5 Å². The highest BCUT2D eigenvalue weighted by Crippen LogP contribution is 2.45. The highest BCUT2D eigenvalue weighted by atomic mass is 16.2. The van der Waals surface area contributed by atoms with E-state index >= 15 is 0 Å². The summed E-state index contributed by atoms with van der Waals surface area (Å²) in [4.78, 5) is 23.8. The third-order valence-electron chi connectivity index (χ3n) is 6.27. The Balaban J connectivity index is 1.82. The van der Waals surface area contributed by atoms with E-state index in [9.17, 15) is 4.79 Å². The first kappa shape index (κ1) is 19.4. The van der Waals surface area contributed by atoms with E-state index < -0.39 is 11.5 Å². The van der Waals surface area contributed by atoms with Gasteiger partial charge in [0, 0.05) is 20.3 Å². The fraction of sp³-hybridized carbons (Fsp3) is 0.375. The number of carbonyl (C=O) groups is 1. The summed E-state index contributed by atoms with van der Waals surface area (Å²) in [7, 11) is 3.45. The van der Waals surface area contributed by atoms with E-state index in [1.165, 1.54) is 23.3 Å². The maximum atomic E-state index is 13.4. The fourth-order valence-electron chi connectivity index (χ4n) is 4.27. The van der Waals surface area contributed by atoms with E-state index in [2.05, 4.69) is 35.3 Å². The van der Waals surface area contributed by atoms with Crippen molar-refractivity contribution < 1.29 is 4.79 Å². The highest BCUT2D eigenvalue weighted by molar-refractivity contribution is 6.02. The van der Waals surface area contributed by atoms with Crippen molar-refractivity contribution in [2.24, 2.45) is 15.7 Å². The summed E-state index contributed by atoms with van der Waals surface area (Å²) in [5.41, 5.74) is 10.8. The molecule has 2 aliphatic rings. The summed E-state index contributed by atoms with van der Waals surface area (Å²) in [6.07, 6.45) is 4.36. The molecule has 29 heavy (non-hydrogen) atoms. The van der Waals surface area contributed by atoms with Gasteiger partial charge in [0.1, 0.15) is 5.54 Å². The molecule has 0 radical (unpaired) electrons. The van der Waals surface area contributed by atoms with Crippen LogP contribution in [0.1, 0.15) is 59.4 Å². The Bertz CT molecular complexity index is 1000. The van der Waals surface area contributed by atoms with Crippen molar-refractivity contribution in [1.29, 1.82) is 0 Å². The van der Waals surface area contributed by atoms with Gasteiger partial charge in [0.2, 0.25) is 5.91 Å². The van der Waals surface area contributed by atoms with Crippen LogP contribution in [-0.2, 0) is 10.3 Å². The SMILES string of the molecule is CN=Cc1ccc([C@@]2(C)N=C(N)N(C)C(=O)C2c2ccc(C3CC3)cc2)cc1C. The normalized spacial score (nSPS) is 24.8. The summed E-state index contributed by atoms with van der Waals surface area (Å²) in [6, 6.07) is 14.7. The monoisotopic (exact) mass is 388 g/mol. The lowest BCUT2D eigenvalue weighted by Crippen LogP contribution is -2.52. The van der Waals surface area contributed by atoms with Crippen molar-refractivity contribution in [2.45, 2.75) is 44.1 Å². The first-order valence-corrected chi connectivity index (χ1v) is 10.1. The molecule has 2 atom stereocenters. The predicted octanol–water partition coefficient (Wildman–Crippen LogP) is 3.71. The Kier molecular flexibility index (Phi) is 4.77. The number of hydrogen-bond donors (Lipinski definition) is 1. The number of aryl methyl sites for hydroxylation is 1. The minimum absolute atomic E-state index is 0.0315. The minimum atomic E-state index is -0.776. The molecule has 4 rings (SSSR count). The molecule has 2 aromatic carbocycles. The zero-order chi connectivity index (χ0) is 20.8. The third kappa shape index (κ3) is 3.35. The first-order chi connectivity index (χ1) is 13.8. The van der Waals surface area contributed by atoms with Gasteiger partial charge in [0.15, 0.2) is 5.96 Å². The summed E-state index contributed by atoms with van der Waals surface area (Å²) in [5, 5.41) is 0. The maximum Gasteiger partial charge on any atom is 0.239 e. The highest BCUT2D eigenvalue weighted by Gasteiger charge is 2.47. The van der Waals surface area contributed by atoms with Crippen molar-refractivity contribution in [1.82, 2.24) is 4.90 Å². The van der Waals surface area contributed by atoms with Crippen LogP contribution in [0.15, 0.2) is 52.4 Å². The van der Waals surface area contributed by atoms with Crippen LogP contribution in [0.25, 0.3) is 0 Å². The van der Waals surface area contributed by atoms with Gasteiger partial charge in [-0.25, -0.2) is 4.99 Å². The summed E-state index contributed by atoms with van der Waals surface area (Å²) in [5.74, 6) is 0.471. The molecule has 5 nitrogen and oxygen atoms in total. The number of benzene rings is 2. The number of carbonyl (C=O) groups excluding carboxylic acids is 1. The van der Waals surface area contributed by atoms with Crippen molar-refractivity contribution in [3.63, 3.8) is 0 Å². The predicted molar refractivity (Wildman–Crippen MR) is 118 cm³/mol. The first-order valence-electron chi connectivity index (χ1n) is 10.1. The molecule has 2 aromatic rings. The second-order valence-corrected chi connectivity index (χ2v) is 8.35. The Morgan fingerprint density at radius 3 is 2.41 bits per heavy atom. The van der Waals surface area contributed by atoms with Gasteiger partial charge < -0.3 is 5.73 Å². The van der Waals surface area contributed by atoms with E-state index in [1.807, 2.05) is 32.2 Å². The van der Waals surface area contributed by atoms with Crippen molar-refractivity contribution in [2.75, 3.05) is 14.1 Å². The third-order valence-corrected chi connectivity index (χ3v) is 6.27. The van der Waals surface area contributed by atoms with E-state index in [-0.39, 0.29) is 11.9 Å². The van der Waals surface area contributed by atoms with Gasteiger partial charge in [-0.2, -0.15) is 0 Å². The molecule has 0 bridgehead atoms. The van der Waals surface area contributed by atoms with Crippen LogP contribution >= 0.6 is 0 Å². The lowest BCUT2D eigenvalue weighted by Gasteiger charge is -2.41. The summed E-state index contributed by atoms with van der Waals surface area (Å²) >= 11 is 0. The molecule has 1 fully saturated rings. The quantitative estimate of drug-likeness (QED) is 0.811. The van der Waals surface area contributed by atoms with Gasteiger partial charge in [-0.3, -0.25) is 14.7 Å². The van der Waals surface area contributed by atoms with E-state index in [1.54, 1.807) is 14.1 Å². The minimum Gasteiger partial charge on any atom is -0.369 e. The van der Waals surface area contributed by atoms with E-state index in [0.717, 1.165) is 22.3 Å². The van der Waals surface area contributed by atoms with Gasteiger partial charge >= 0.3 is 0 Å². The molecule has 5 heteroatoms. The van der Waals surface area contributed by atoms with Crippen LogP contribution in [0.2, 0.25) is 0 Å². The smallest absolute Gasteiger partial charge is 0.239 e. The number of likely N-dealkylation sites (N-methyl/N-ethyl adjacent to an activating group) is 1. The van der Waals surface area contributed by atoms with Crippen molar-refractivity contribution in [3.05, 3.63) is 70.3 Å². The number of aliphatic imine (C=N–C) groups is 2. The van der Waals surface area contributed by atoms with Crippen molar-refractivity contribution in [3.8, 4) is 0 Å². The molecule has 1 saturated carbocycles. The number of rotatable bonds is 4. The number of guanidine groups is 1. The number of amides is 1. The molecule has 0 spiro atoms. The van der Waals surface area contributed by atoms with Gasteiger partial charge in [0.05, 0.1) is 5.92 Å². The maximum absolute atomic E-state index is 13.4. The van der Waals surface area contributed by atoms with E-state index in [0.29, 0.717) is 5.92 Å². The summed E-state index contributed by atoms with van der Waals surface area (Å²) in [6.45, 7) is 4.06. The van der Waals surface area contributed by atoms with Crippen molar-refractivity contribution >= 4 is 18.1 Å². The second-order valence-electron chi connectivity index (χ2n) is 8.35. The van der Waals surface area contributed by atoms with Crippen LogP contribution in [0.3, 0.4) is 0 Å². The van der Waals surface area contributed by atoms with E-state index in [4.69, 9.17) is 10.7 Å². The fourth-order valence-corrected chi connectivity index (χ4v) is 4.27. The Hall–Kier alpha value is -2.95. The molecule has 1 amide bonds. The van der Waals surface area contributed by atoms with Crippen LogP contribution in [-0.4, -0.2) is 37.1 Å². The molecule has 1 aliphatic carbocycles. The van der Waals surface area contributed by atoms with Gasteiger partial charge in [-0.05, 0) is 60.4 Å². The van der Waals surface area contributed by atoms with Gasteiger partial charge in [0.25, 0.3) is 0 Å². The molecule has 1 heterocycles. The average Bonchev–Trinajstić information content (AvgIpc) is 3.54. The molecular weight excluding hydrogens is 360 g/mol. The average molecular weight is 389 g/mol. The lowest BCUT2D eigenvalue weighted by molar-refractivity contribution is -0.130. The van der Waals surface area contributed by atoms with Crippen LogP contribution < -0.4 is 5.73 Å². The van der Waals surface area contributed by atoms with Crippen LogP contribution in [0, 0.1) is 6.92 Å². The molecule has 1 aliphatic heterocycles. The summed E-state index contributed by atoms with van der Waals surface area (Å²) < 4.78 is 0. The molecule has 1 unspecified atom stereocenters. The molecule has 0 saturated heterocycles. The zero-order valence-corrected chi connectivity index (χ0v) is 17.5. The molecule has 0 aromatic heterocycles. The number of nitrogens with zero attached hydrogens (tertiary/aromatic N) is 3. The van der Waals surface area contributed by atoms with Crippen LogP contribution in [0.5, 0.6) is 0 Å². The van der Waals surface area contributed by atoms with Gasteiger partial charge in [-0.15, -0.1) is 0 Å². The Morgan fingerprint density at radius 2 is 1.83 bits per heavy atom. The molecule has 2 N–H and O–H groups in total. The molecular formula is C24H28N4O. The standard InChI is InChI=1S/C24H28N4O/c1-15-13-20(12-11-19(15)14-26-3)24(2)21(22(29)28(4)23(25)27-24)18-9-7-17(8-10-18)16-5-6-16/h7-14,16,21H,5-6H2,1-4H3,(H2,25,27)/t21?,24-/m1/s1.